The van der Waals surface area contributed by atoms with Crippen LogP contribution in [0.3, 0.4) is 0 Å². The molecule has 0 saturated carbocycles. The van der Waals surface area contributed by atoms with Crippen LogP contribution in [0.25, 0.3) is 0 Å². The maximum Gasteiger partial charge on any atom is 0.320 e. The van der Waals surface area contributed by atoms with Crippen molar-refractivity contribution >= 4 is 29.2 Å². The molecule has 3 rings (SSSR count). The van der Waals surface area contributed by atoms with E-state index in [4.69, 9.17) is 11.6 Å². The van der Waals surface area contributed by atoms with Gasteiger partial charge in [0, 0.05) is 35.1 Å². The number of carboxylic acid groups (broad SMARTS) is 1. The van der Waals surface area contributed by atoms with E-state index in [1.165, 1.54) is 0 Å². The number of hydrogen-bond donors (Lipinski definition) is 2. The summed E-state index contributed by atoms with van der Waals surface area (Å²) in [6.07, 6.45) is 0.851. The van der Waals surface area contributed by atoms with Crippen LogP contribution >= 0.6 is 11.6 Å². The van der Waals surface area contributed by atoms with Gasteiger partial charge in [0.05, 0.1) is 0 Å². The summed E-state index contributed by atoms with van der Waals surface area (Å²) in [5.41, 5.74) is 0.456. The highest BCUT2D eigenvalue weighted by atomic mass is 35.5. The van der Waals surface area contributed by atoms with Crippen LogP contribution in [0.1, 0.15) is 19.8 Å². The van der Waals surface area contributed by atoms with Crippen LogP contribution in [0.4, 0.5) is 5.69 Å². The van der Waals surface area contributed by atoms with Gasteiger partial charge in [0.25, 0.3) is 0 Å². The number of nitrogens with one attached hydrogen (secondary N) is 1. The minimum atomic E-state index is -0.854. The maximum atomic E-state index is 12.4. The predicted molar refractivity (Wildman–Crippen MR) is 79.5 cm³/mol. The van der Waals surface area contributed by atoms with Gasteiger partial charge in [-0.15, -0.1) is 0 Å². The molecule has 2 heterocycles. The standard InChI is InChI=1S/C15H17ClN2O3/c1-9-15(6-12(17-9)14(20)21)7-13(19)18(8-15)11-4-2-3-10(16)5-11/h2-5,9,12,17H,6-8H2,1H3,(H,20,21)/t9?,12-,15+/m0/s1. The van der Waals surface area contributed by atoms with E-state index in [9.17, 15) is 14.7 Å². The highest BCUT2D eigenvalue weighted by Gasteiger charge is 2.53. The minimum absolute atomic E-state index is 0.00765. The molecule has 5 nitrogen and oxygen atoms in total. The summed E-state index contributed by atoms with van der Waals surface area (Å²) in [6, 6.07) is 6.61. The lowest BCUT2D eigenvalue weighted by molar-refractivity contribution is -0.139. The van der Waals surface area contributed by atoms with Gasteiger partial charge in [0.15, 0.2) is 0 Å². The van der Waals surface area contributed by atoms with Gasteiger partial charge < -0.3 is 15.3 Å². The largest absolute Gasteiger partial charge is 0.480 e. The number of carbonyl (C=O) groups is 2. The fourth-order valence-corrected chi connectivity index (χ4v) is 3.63. The zero-order valence-electron chi connectivity index (χ0n) is 11.7. The summed E-state index contributed by atoms with van der Waals surface area (Å²) in [5, 5.41) is 12.9. The molecule has 1 amide bonds. The minimum Gasteiger partial charge on any atom is -0.480 e. The fraction of sp³-hybridized carbons (Fsp3) is 0.467. The zero-order valence-corrected chi connectivity index (χ0v) is 12.4. The maximum absolute atomic E-state index is 12.4. The van der Waals surface area contributed by atoms with E-state index in [-0.39, 0.29) is 17.4 Å². The number of carboxylic acids is 1. The highest BCUT2D eigenvalue weighted by Crippen LogP contribution is 2.44. The van der Waals surface area contributed by atoms with Crippen molar-refractivity contribution in [3.63, 3.8) is 0 Å². The van der Waals surface area contributed by atoms with Crippen LogP contribution in [0, 0.1) is 5.41 Å². The lowest BCUT2D eigenvalue weighted by Gasteiger charge is -2.27. The van der Waals surface area contributed by atoms with Gasteiger partial charge in [-0.1, -0.05) is 17.7 Å². The Kier molecular flexibility index (Phi) is 3.42. The molecule has 1 aromatic rings. The van der Waals surface area contributed by atoms with Gasteiger partial charge >= 0.3 is 5.97 Å². The molecule has 0 aromatic heterocycles. The number of anilines is 1. The number of benzene rings is 1. The molecule has 21 heavy (non-hydrogen) atoms. The van der Waals surface area contributed by atoms with E-state index in [2.05, 4.69) is 5.32 Å². The number of hydrogen-bond acceptors (Lipinski definition) is 3. The van der Waals surface area contributed by atoms with E-state index >= 15 is 0 Å². The zero-order chi connectivity index (χ0) is 15.2. The summed E-state index contributed by atoms with van der Waals surface area (Å²) in [5.74, 6) is -0.829. The molecule has 2 saturated heterocycles. The first-order valence-electron chi connectivity index (χ1n) is 6.96. The van der Waals surface area contributed by atoms with E-state index in [0.29, 0.717) is 24.4 Å². The van der Waals surface area contributed by atoms with E-state index in [0.717, 1.165) is 5.69 Å². The molecule has 1 aromatic carbocycles. The van der Waals surface area contributed by atoms with Crippen molar-refractivity contribution in [1.82, 2.24) is 5.32 Å². The predicted octanol–water partition coefficient (Wildman–Crippen LogP) is 1.90. The lowest BCUT2D eigenvalue weighted by Crippen LogP contribution is -2.38. The second-order valence-electron chi connectivity index (χ2n) is 5.98. The monoisotopic (exact) mass is 308 g/mol. The normalized spacial score (nSPS) is 32.1. The molecule has 112 valence electrons. The molecule has 6 heteroatoms. The molecular formula is C15H17ClN2O3. The molecular weight excluding hydrogens is 292 g/mol. The van der Waals surface area contributed by atoms with Crippen molar-refractivity contribution in [3.8, 4) is 0 Å². The first kappa shape index (κ1) is 14.4. The Morgan fingerprint density at radius 1 is 1.52 bits per heavy atom. The van der Waals surface area contributed by atoms with Crippen molar-refractivity contribution in [3.05, 3.63) is 29.3 Å². The molecule has 2 aliphatic heterocycles. The van der Waals surface area contributed by atoms with Gasteiger partial charge in [-0.3, -0.25) is 9.59 Å². The third kappa shape index (κ3) is 2.40. The Labute approximate surface area is 127 Å². The Morgan fingerprint density at radius 3 is 2.90 bits per heavy atom. The Hall–Kier alpha value is -1.59. The van der Waals surface area contributed by atoms with Crippen LogP contribution in [-0.2, 0) is 9.59 Å². The van der Waals surface area contributed by atoms with E-state index in [1.54, 1.807) is 17.0 Å². The molecule has 2 fully saturated rings. The first-order chi connectivity index (χ1) is 9.91. The Bertz CT molecular complexity index is 606. The topological polar surface area (TPSA) is 69.6 Å². The summed E-state index contributed by atoms with van der Waals surface area (Å²) >= 11 is 5.99. The van der Waals surface area contributed by atoms with Gasteiger partial charge in [-0.25, -0.2) is 0 Å². The Morgan fingerprint density at radius 2 is 2.29 bits per heavy atom. The Balaban J connectivity index is 1.86. The smallest absolute Gasteiger partial charge is 0.320 e. The fourth-order valence-electron chi connectivity index (χ4n) is 3.44. The number of halogens is 1. The lowest BCUT2D eigenvalue weighted by atomic mass is 9.79. The number of aliphatic carboxylic acids is 1. The van der Waals surface area contributed by atoms with Crippen molar-refractivity contribution in [2.24, 2.45) is 5.41 Å². The number of carbonyl (C=O) groups excluding carboxylic acids is 1. The molecule has 0 radical (unpaired) electrons. The van der Waals surface area contributed by atoms with Crippen LogP contribution < -0.4 is 10.2 Å². The first-order valence-corrected chi connectivity index (χ1v) is 7.34. The molecule has 0 aliphatic carbocycles. The second kappa shape index (κ2) is 5.00. The average Bonchev–Trinajstić information content (AvgIpc) is 2.91. The van der Waals surface area contributed by atoms with Crippen molar-refractivity contribution in [2.45, 2.75) is 31.8 Å². The van der Waals surface area contributed by atoms with E-state index < -0.39 is 12.0 Å². The molecule has 1 unspecified atom stereocenters. The second-order valence-corrected chi connectivity index (χ2v) is 6.42. The SMILES string of the molecule is CC1N[C@H](C(=O)O)C[C@]12CC(=O)N(c1cccc(Cl)c1)C2. The summed E-state index contributed by atoms with van der Waals surface area (Å²) < 4.78 is 0. The summed E-state index contributed by atoms with van der Waals surface area (Å²) in [4.78, 5) is 25.3. The molecule has 2 N–H and O–H groups in total. The van der Waals surface area contributed by atoms with Crippen LogP contribution in [-0.4, -0.2) is 35.6 Å². The van der Waals surface area contributed by atoms with Gasteiger partial charge in [0.1, 0.15) is 6.04 Å². The van der Waals surface area contributed by atoms with Crippen molar-refractivity contribution in [2.75, 3.05) is 11.4 Å². The summed E-state index contributed by atoms with van der Waals surface area (Å²) in [7, 11) is 0. The van der Waals surface area contributed by atoms with Crippen LogP contribution in [0.2, 0.25) is 5.02 Å². The molecule has 3 atom stereocenters. The van der Waals surface area contributed by atoms with Gasteiger partial charge in [-0.2, -0.15) is 0 Å². The van der Waals surface area contributed by atoms with Gasteiger partial charge in [-0.05, 0) is 31.5 Å². The number of rotatable bonds is 2. The quantitative estimate of drug-likeness (QED) is 0.875. The van der Waals surface area contributed by atoms with Crippen LogP contribution in [0.15, 0.2) is 24.3 Å². The van der Waals surface area contributed by atoms with Gasteiger partial charge in [0.2, 0.25) is 5.91 Å². The average molecular weight is 309 g/mol. The van der Waals surface area contributed by atoms with Crippen molar-refractivity contribution < 1.29 is 14.7 Å². The third-order valence-electron chi connectivity index (χ3n) is 4.68. The molecule has 0 bridgehead atoms. The third-order valence-corrected chi connectivity index (χ3v) is 4.91. The highest BCUT2D eigenvalue weighted by molar-refractivity contribution is 6.30. The summed E-state index contributed by atoms with van der Waals surface area (Å²) in [6.45, 7) is 2.49. The van der Waals surface area contributed by atoms with Crippen molar-refractivity contribution in [1.29, 1.82) is 0 Å². The van der Waals surface area contributed by atoms with Crippen LogP contribution in [0.5, 0.6) is 0 Å². The molecule has 2 aliphatic rings. The molecule has 1 spiro atoms. The van der Waals surface area contributed by atoms with E-state index in [1.807, 2.05) is 19.1 Å². The number of amides is 1. The number of nitrogens with zero attached hydrogens (tertiary/aromatic N) is 1.